The first kappa shape index (κ1) is 15.3. The largest absolute Gasteiger partial charge is 0.375 e. The first-order valence-corrected chi connectivity index (χ1v) is 8.12. The van der Waals surface area contributed by atoms with Crippen molar-refractivity contribution in [1.29, 1.82) is 0 Å². The molecule has 2 aromatic rings. The van der Waals surface area contributed by atoms with Gasteiger partial charge in [0, 0.05) is 16.8 Å². The maximum Gasteiger partial charge on any atom is 0.282 e. The molecular formula is C14H18BrN3OS. The molecule has 0 spiro atoms. The van der Waals surface area contributed by atoms with Crippen LogP contribution < -0.4 is 10.9 Å². The molecule has 20 heavy (non-hydrogen) atoms. The van der Waals surface area contributed by atoms with Crippen LogP contribution in [-0.2, 0) is 13.5 Å². The van der Waals surface area contributed by atoms with Crippen LogP contribution in [0.15, 0.2) is 21.5 Å². The molecule has 0 saturated heterocycles. The Labute approximate surface area is 131 Å². The number of nitrogens with zero attached hydrogens (tertiary/aromatic N) is 2. The van der Waals surface area contributed by atoms with Crippen molar-refractivity contribution >= 4 is 33.0 Å². The van der Waals surface area contributed by atoms with Crippen LogP contribution in [0.3, 0.4) is 0 Å². The number of halogens is 1. The molecular weight excluding hydrogens is 338 g/mol. The topological polar surface area (TPSA) is 46.9 Å². The number of hydrogen-bond acceptors (Lipinski definition) is 4. The molecule has 2 aromatic heterocycles. The van der Waals surface area contributed by atoms with Gasteiger partial charge in [-0.15, -0.1) is 11.3 Å². The van der Waals surface area contributed by atoms with Crippen LogP contribution in [0, 0.1) is 6.92 Å². The molecule has 1 unspecified atom stereocenters. The quantitative estimate of drug-likeness (QED) is 0.910. The zero-order valence-electron chi connectivity index (χ0n) is 12.0. The third-order valence-corrected chi connectivity index (χ3v) is 5.57. The van der Waals surface area contributed by atoms with Crippen LogP contribution in [-0.4, -0.2) is 9.78 Å². The van der Waals surface area contributed by atoms with Crippen molar-refractivity contribution in [3.8, 4) is 0 Å². The molecule has 2 rings (SSSR count). The first-order valence-electron chi connectivity index (χ1n) is 6.51. The molecule has 2 heterocycles. The zero-order valence-corrected chi connectivity index (χ0v) is 14.4. The van der Waals surface area contributed by atoms with Crippen molar-refractivity contribution in [2.45, 2.75) is 33.2 Å². The fourth-order valence-corrected chi connectivity index (χ4v) is 3.62. The molecule has 0 bridgehead atoms. The monoisotopic (exact) mass is 355 g/mol. The summed E-state index contributed by atoms with van der Waals surface area (Å²) in [7, 11) is 1.64. The maximum atomic E-state index is 11.8. The number of aromatic nitrogens is 2. The molecule has 0 amide bonds. The maximum absolute atomic E-state index is 11.8. The summed E-state index contributed by atoms with van der Waals surface area (Å²) >= 11 is 5.15. The average molecular weight is 356 g/mol. The molecule has 108 valence electrons. The molecule has 0 fully saturated rings. The standard InChI is InChI=1S/C14H18BrN3OS/c1-5-11-8(2)6-12(20-11)9(3)17-10-7-16-18(4)14(19)13(10)15/h6-7,9,17H,5H2,1-4H3. The lowest BCUT2D eigenvalue weighted by atomic mass is 10.2. The number of hydrogen-bond donors (Lipinski definition) is 1. The van der Waals surface area contributed by atoms with Crippen molar-refractivity contribution in [3.63, 3.8) is 0 Å². The van der Waals surface area contributed by atoms with E-state index in [1.165, 1.54) is 20.0 Å². The Hall–Kier alpha value is -1.14. The second kappa shape index (κ2) is 6.10. The van der Waals surface area contributed by atoms with E-state index in [0.717, 1.165) is 12.1 Å². The number of rotatable bonds is 4. The zero-order chi connectivity index (χ0) is 14.9. The van der Waals surface area contributed by atoms with Gasteiger partial charge in [0.2, 0.25) is 0 Å². The van der Waals surface area contributed by atoms with Gasteiger partial charge in [0.15, 0.2) is 0 Å². The third-order valence-electron chi connectivity index (χ3n) is 3.24. The molecule has 0 aliphatic rings. The van der Waals surface area contributed by atoms with Gasteiger partial charge in [0.1, 0.15) is 4.47 Å². The number of nitrogens with one attached hydrogen (secondary N) is 1. The van der Waals surface area contributed by atoms with Gasteiger partial charge in [-0.1, -0.05) is 6.92 Å². The third kappa shape index (κ3) is 2.96. The lowest BCUT2D eigenvalue weighted by Gasteiger charge is -2.14. The highest BCUT2D eigenvalue weighted by Crippen LogP contribution is 2.30. The van der Waals surface area contributed by atoms with Crippen LogP contribution in [0.1, 0.15) is 35.2 Å². The Morgan fingerprint density at radius 3 is 2.85 bits per heavy atom. The summed E-state index contributed by atoms with van der Waals surface area (Å²) in [5.41, 5.74) is 1.92. The van der Waals surface area contributed by atoms with Crippen molar-refractivity contribution in [1.82, 2.24) is 9.78 Å². The Bertz CT molecular complexity index is 678. The van der Waals surface area contributed by atoms with Gasteiger partial charge < -0.3 is 5.32 Å². The van der Waals surface area contributed by atoms with Crippen LogP contribution in [0.5, 0.6) is 0 Å². The van der Waals surface area contributed by atoms with E-state index in [9.17, 15) is 4.79 Å². The highest BCUT2D eigenvalue weighted by molar-refractivity contribution is 9.10. The second-order valence-electron chi connectivity index (χ2n) is 4.78. The lowest BCUT2D eigenvalue weighted by Crippen LogP contribution is -2.21. The first-order chi connectivity index (χ1) is 9.43. The Morgan fingerprint density at radius 1 is 1.55 bits per heavy atom. The summed E-state index contributed by atoms with van der Waals surface area (Å²) in [6, 6.07) is 2.35. The SMILES string of the molecule is CCc1sc(C(C)Nc2cnn(C)c(=O)c2Br)cc1C. The van der Waals surface area contributed by atoms with Crippen LogP contribution in [0.25, 0.3) is 0 Å². The van der Waals surface area contributed by atoms with Crippen molar-refractivity contribution in [2.24, 2.45) is 7.05 Å². The highest BCUT2D eigenvalue weighted by atomic mass is 79.9. The van der Waals surface area contributed by atoms with Gasteiger partial charge in [-0.05, 0) is 47.8 Å². The van der Waals surface area contributed by atoms with Gasteiger partial charge in [0.05, 0.1) is 17.9 Å². The van der Waals surface area contributed by atoms with E-state index in [4.69, 9.17) is 0 Å². The van der Waals surface area contributed by atoms with Crippen molar-refractivity contribution in [3.05, 3.63) is 42.4 Å². The Morgan fingerprint density at radius 2 is 2.25 bits per heavy atom. The van der Waals surface area contributed by atoms with E-state index in [2.05, 4.69) is 53.2 Å². The van der Waals surface area contributed by atoms with E-state index in [0.29, 0.717) is 4.47 Å². The van der Waals surface area contributed by atoms with E-state index in [1.807, 2.05) is 11.3 Å². The van der Waals surface area contributed by atoms with E-state index >= 15 is 0 Å². The molecule has 1 atom stereocenters. The molecule has 6 heteroatoms. The highest BCUT2D eigenvalue weighted by Gasteiger charge is 2.14. The van der Waals surface area contributed by atoms with E-state index in [-0.39, 0.29) is 11.6 Å². The Balaban J connectivity index is 2.25. The van der Waals surface area contributed by atoms with Gasteiger partial charge >= 0.3 is 0 Å². The summed E-state index contributed by atoms with van der Waals surface area (Å²) in [5.74, 6) is 0. The predicted molar refractivity (Wildman–Crippen MR) is 87.6 cm³/mol. The van der Waals surface area contributed by atoms with Gasteiger partial charge in [-0.2, -0.15) is 5.10 Å². The summed E-state index contributed by atoms with van der Waals surface area (Å²) in [6.07, 6.45) is 2.73. The fraction of sp³-hybridized carbons (Fsp3) is 0.429. The molecule has 0 aliphatic carbocycles. The van der Waals surface area contributed by atoms with Crippen molar-refractivity contribution < 1.29 is 0 Å². The fourth-order valence-electron chi connectivity index (χ4n) is 2.03. The van der Waals surface area contributed by atoms with Gasteiger partial charge in [-0.3, -0.25) is 4.79 Å². The number of aryl methyl sites for hydroxylation is 3. The minimum Gasteiger partial charge on any atom is -0.375 e. The minimum atomic E-state index is -0.140. The molecule has 0 aliphatic heterocycles. The molecule has 1 N–H and O–H groups in total. The Kier molecular flexibility index (Phi) is 4.65. The number of anilines is 1. The lowest BCUT2D eigenvalue weighted by molar-refractivity contribution is 0.701. The smallest absolute Gasteiger partial charge is 0.282 e. The molecule has 4 nitrogen and oxygen atoms in total. The average Bonchev–Trinajstić information content (AvgIpc) is 2.80. The predicted octanol–water partition coefficient (Wildman–Crippen LogP) is 3.65. The van der Waals surface area contributed by atoms with Crippen LogP contribution in [0.4, 0.5) is 5.69 Å². The molecule has 0 aromatic carbocycles. The normalized spacial score (nSPS) is 12.4. The summed E-state index contributed by atoms with van der Waals surface area (Å²) < 4.78 is 1.83. The van der Waals surface area contributed by atoms with Crippen LogP contribution >= 0.6 is 27.3 Å². The molecule has 0 saturated carbocycles. The number of thiophene rings is 1. The summed E-state index contributed by atoms with van der Waals surface area (Å²) in [5, 5.41) is 7.39. The molecule has 0 radical (unpaired) electrons. The van der Waals surface area contributed by atoms with Crippen molar-refractivity contribution in [2.75, 3.05) is 5.32 Å². The minimum absolute atomic E-state index is 0.140. The van der Waals surface area contributed by atoms with Crippen LogP contribution in [0.2, 0.25) is 0 Å². The summed E-state index contributed by atoms with van der Waals surface area (Å²) in [6.45, 7) is 6.40. The van der Waals surface area contributed by atoms with E-state index in [1.54, 1.807) is 13.2 Å². The van der Waals surface area contributed by atoms with E-state index < -0.39 is 0 Å². The van der Waals surface area contributed by atoms with Gasteiger partial charge in [0.25, 0.3) is 5.56 Å². The summed E-state index contributed by atoms with van der Waals surface area (Å²) in [4.78, 5) is 14.5. The van der Waals surface area contributed by atoms with Gasteiger partial charge in [-0.25, -0.2) is 4.68 Å². The second-order valence-corrected chi connectivity index (χ2v) is 6.74.